The van der Waals surface area contributed by atoms with E-state index < -0.39 is 0 Å². The van der Waals surface area contributed by atoms with Crippen molar-refractivity contribution in [2.24, 2.45) is 7.05 Å². The van der Waals surface area contributed by atoms with Crippen molar-refractivity contribution in [3.63, 3.8) is 0 Å². The lowest BCUT2D eigenvalue weighted by Gasteiger charge is -2.46. The molecule has 190 valence electrons. The summed E-state index contributed by atoms with van der Waals surface area (Å²) >= 11 is 6.28. The molecule has 1 fully saturated rings. The van der Waals surface area contributed by atoms with Gasteiger partial charge in [-0.2, -0.15) is 0 Å². The first-order valence-corrected chi connectivity index (χ1v) is 13.7. The predicted octanol–water partition coefficient (Wildman–Crippen LogP) is 6.34. The molecule has 5 heteroatoms. The van der Waals surface area contributed by atoms with Gasteiger partial charge in [-0.15, -0.1) is 0 Å². The van der Waals surface area contributed by atoms with E-state index in [2.05, 4.69) is 117 Å². The van der Waals surface area contributed by atoms with E-state index in [4.69, 9.17) is 11.6 Å². The van der Waals surface area contributed by atoms with E-state index >= 15 is 0 Å². The molecule has 6 rings (SSSR count). The van der Waals surface area contributed by atoms with Crippen LogP contribution in [0, 0.1) is 0 Å². The standard InChI is InChI=1S/C32H35ClN4/c1-34-16-8-15-31(34)32-30(24-35-17-19-36(20-18-35)28-13-7-12-27(33)21-28)29-14-6-5-11-26(29)23-37(32)22-25-9-3-2-4-10-25/h2-16,21,30,32H,17-20,22-24H2,1H3/t30-,32-/m1/s1. The van der Waals surface area contributed by atoms with Crippen molar-refractivity contribution in [1.29, 1.82) is 0 Å². The van der Waals surface area contributed by atoms with Crippen molar-refractivity contribution in [2.75, 3.05) is 37.6 Å². The number of anilines is 1. The summed E-state index contributed by atoms with van der Waals surface area (Å²) in [6, 6.07) is 33.1. The molecule has 1 aromatic heterocycles. The minimum Gasteiger partial charge on any atom is -0.369 e. The Morgan fingerprint density at radius 3 is 2.35 bits per heavy atom. The van der Waals surface area contributed by atoms with Gasteiger partial charge in [0.2, 0.25) is 0 Å². The SMILES string of the molecule is Cn1cccc1[C@H]1[C@H](CN2CCN(c3cccc(Cl)c3)CC2)c2ccccc2CN1Cc1ccccc1. The molecule has 0 radical (unpaired) electrons. The predicted molar refractivity (Wildman–Crippen MR) is 153 cm³/mol. The third-order valence-electron chi connectivity index (χ3n) is 8.12. The molecular weight excluding hydrogens is 476 g/mol. The highest BCUT2D eigenvalue weighted by Gasteiger charge is 2.38. The van der Waals surface area contributed by atoms with Gasteiger partial charge in [0, 0.05) is 81.4 Å². The molecule has 1 saturated heterocycles. The molecule has 2 aliphatic rings. The molecule has 0 aliphatic carbocycles. The summed E-state index contributed by atoms with van der Waals surface area (Å²) in [7, 11) is 2.19. The van der Waals surface area contributed by atoms with E-state index in [1.54, 1.807) is 0 Å². The highest BCUT2D eigenvalue weighted by atomic mass is 35.5. The van der Waals surface area contributed by atoms with E-state index in [9.17, 15) is 0 Å². The smallest absolute Gasteiger partial charge is 0.0588 e. The molecule has 0 unspecified atom stereocenters. The fourth-order valence-electron chi connectivity index (χ4n) is 6.27. The van der Waals surface area contributed by atoms with E-state index in [-0.39, 0.29) is 0 Å². The van der Waals surface area contributed by atoms with Gasteiger partial charge in [-0.1, -0.05) is 72.3 Å². The van der Waals surface area contributed by atoms with Gasteiger partial charge in [-0.3, -0.25) is 9.80 Å². The molecule has 3 heterocycles. The van der Waals surface area contributed by atoms with Gasteiger partial charge in [0.25, 0.3) is 0 Å². The number of rotatable bonds is 6. The fourth-order valence-corrected chi connectivity index (χ4v) is 6.45. The lowest BCUT2D eigenvalue weighted by atomic mass is 9.81. The maximum Gasteiger partial charge on any atom is 0.0588 e. The summed E-state index contributed by atoms with van der Waals surface area (Å²) in [5.41, 5.74) is 6.97. The van der Waals surface area contributed by atoms with E-state index in [1.165, 1.54) is 28.1 Å². The average Bonchev–Trinajstić information content (AvgIpc) is 3.35. The Morgan fingerprint density at radius 2 is 1.59 bits per heavy atom. The van der Waals surface area contributed by atoms with Gasteiger partial charge in [0.15, 0.2) is 0 Å². The zero-order valence-corrected chi connectivity index (χ0v) is 22.3. The Kier molecular flexibility index (Phi) is 7.06. The Balaban J connectivity index is 1.28. The minimum atomic E-state index is 0.320. The van der Waals surface area contributed by atoms with Crippen molar-refractivity contribution in [1.82, 2.24) is 14.4 Å². The number of aryl methyl sites for hydroxylation is 1. The molecule has 0 N–H and O–H groups in total. The van der Waals surface area contributed by atoms with Crippen molar-refractivity contribution in [3.05, 3.63) is 125 Å². The van der Waals surface area contributed by atoms with Crippen molar-refractivity contribution >= 4 is 17.3 Å². The second kappa shape index (κ2) is 10.7. The van der Waals surface area contributed by atoms with Crippen LogP contribution in [0.25, 0.3) is 0 Å². The second-order valence-corrected chi connectivity index (χ2v) is 10.9. The first-order valence-electron chi connectivity index (χ1n) is 13.4. The van der Waals surface area contributed by atoms with Gasteiger partial charge in [0.1, 0.15) is 0 Å². The van der Waals surface area contributed by atoms with Crippen LogP contribution in [0.2, 0.25) is 5.02 Å². The van der Waals surface area contributed by atoms with E-state index in [1.807, 2.05) is 6.07 Å². The number of benzene rings is 3. The Bertz CT molecular complexity index is 1330. The van der Waals surface area contributed by atoms with Crippen LogP contribution in [-0.2, 0) is 20.1 Å². The maximum absolute atomic E-state index is 6.28. The number of hydrogen-bond donors (Lipinski definition) is 0. The zero-order chi connectivity index (χ0) is 25.2. The topological polar surface area (TPSA) is 14.7 Å². The normalized spacial score (nSPS) is 20.6. The van der Waals surface area contributed by atoms with Crippen LogP contribution < -0.4 is 4.90 Å². The third kappa shape index (κ3) is 5.19. The fraction of sp³-hybridized carbons (Fsp3) is 0.312. The molecule has 37 heavy (non-hydrogen) atoms. The first-order chi connectivity index (χ1) is 18.2. The summed E-state index contributed by atoms with van der Waals surface area (Å²) in [5.74, 6) is 0.403. The minimum absolute atomic E-state index is 0.320. The summed E-state index contributed by atoms with van der Waals surface area (Å²) in [5, 5.41) is 0.808. The lowest BCUT2D eigenvalue weighted by Crippen LogP contribution is -2.49. The van der Waals surface area contributed by atoms with E-state index in [0.29, 0.717) is 12.0 Å². The Hall–Kier alpha value is -3.05. The largest absolute Gasteiger partial charge is 0.369 e. The molecule has 4 nitrogen and oxygen atoms in total. The number of aromatic nitrogens is 1. The summed E-state index contributed by atoms with van der Waals surface area (Å²) < 4.78 is 2.32. The summed E-state index contributed by atoms with van der Waals surface area (Å²) in [4.78, 5) is 7.83. The quantitative estimate of drug-likeness (QED) is 0.301. The zero-order valence-electron chi connectivity index (χ0n) is 21.5. The molecule has 4 aromatic rings. The van der Waals surface area contributed by atoms with Crippen LogP contribution in [0.5, 0.6) is 0 Å². The summed E-state index contributed by atoms with van der Waals surface area (Å²) in [6.45, 7) is 7.15. The van der Waals surface area contributed by atoms with Gasteiger partial charge >= 0.3 is 0 Å². The van der Waals surface area contributed by atoms with E-state index in [0.717, 1.165) is 50.8 Å². The van der Waals surface area contributed by atoms with Crippen LogP contribution in [0.1, 0.15) is 34.3 Å². The molecule has 0 amide bonds. The number of halogens is 1. The number of nitrogens with zero attached hydrogens (tertiary/aromatic N) is 4. The summed E-state index contributed by atoms with van der Waals surface area (Å²) in [6.07, 6.45) is 2.19. The molecule has 0 spiro atoms. The molecular formula is C32H35ClN4. The highest BCUT2D eigenvalue weighted by Crippen LogP contribution is 2.44. The van der Waals surface area contributed by atoms with Gasteiger partial charge in [-0.25, -0.2) is 0 Å². The third-order valence-corrected chi connectivity index (χ3v) is 8.35. The Morgan fingerprint density at radius 1 is 0.811 bits per heavy atom. The van der Waals surface area contributed by atoms with Crippen molar-refractivity contribution in [2.45, 2.75) is 25.0 Å². The van der Waals surface area contributed by atoms with Crippen LogP contribution in [0.3, 0.4) is 0 Å². The number of hydrogen-bond acceptors (Lipinski definition) is 3. The molecule has 2 atom stereocenters. The number of fused-ring (bicyclic) bond motifs is 1. The second-order valence-electron chi connectivity index (χ2n) is 10.5. The number of piperazine rings is 1. The molecule has 0 bridgehead atoms. The van der Waals surface area contributed by atoms with Crippen molar-refractivity contribution < 1.29 is 0 Å². The first kappa shape index (κ1) is 24.3. The van der Waals surface area contributed by atoms with Crippen LogP contribution >= 0.6 is 11.6 Å². The lowest BCUT2D eigenvalue weighted by molar-refractivity contribution is 0.106. The molecule has 2 aliphatic heterocycles. The molecule has 3 aromatic carbocycles. The van der Waals surface area contributed by atoms with Crippen LogP contribution in [0.15, 0.2) is 97.2 Å². The monoisotopic (exact) mass is 510 g/mol. The molecule has 0 saturated carbocycles. The average molecular weight is 511 g/mol. The van der Waals surface area contributed by atoms with Gasteiger partial charge in [-0.05, 0) is 47.0 Å². The van der Waals surface area contributed by atoms with Gasteiger partial charge < -0.3 is 9.47 Å². The van der Waals surface area contributed by atoms with Crippen molar-refractivity contribution in [3.8, 4) is 0 Å². The maximum atomic E-state index is 6.28. The van der Waals surface area contributed by atoms with Gasteiger partial charge in [0.05, 0.1) is 6.04 Å². The Labute approximate surface area is 225 Å². The van der Waals surface area contributed by atoms with Crippen LogP contribution in [-0.4, -0.2) is 47.1 Å². The highest BCUT2D eigenvalue weighted by molar-refractivity contribution is 6.30. The van der Waals surface area contributed by atoms with Crippen LogP contribution in [0.4, 0.5) is 5.69 Å².